The van der Waals surface area contributed by atoms with Crippen molar-refractivity contribution in [3.05, 3.63) is 95.1 Å². The summed E-state index contributed by atoms with van der Waals surface area (Å²) >= 11 is 7.34. The van der Waals surface area contributed by atoms with Gasteiger partial charge in [0, 0.05) is 28.4 Å². The predicted molar refractivity (Wildman–Crippen MR) is 127 cm³/mol. The van der Waals surface area contributed by atoms with Crippen LogP contribution in [0.25, 0.3) is 16.9 Å². The number of rotatable bonds is 7. The normalized spacial score (nSPS) is 10.8. The molecule has 0 aliphatic heterocycles. The first-order chi connectivity index (χ1) is 15.0. The largest absolute Gasteiger partial charge is 0.497 e. The fourth-order valence-electron chi connectivity index (χ4n) is 3.12. The Kier molecular flexibility index (Phi) is 6.44. The average molecular weight is 449 g/mol. The molecule has 0 aliphatic carbocycles. The fraction of sp³-hybridized carbons (Fsp3) is 0.120. The van der Waals surface area contributed by atoms with Crippen molar-refractivity contribution in [3.63, 3.8) is 0 Å². The number of thioether (sulfide) groups is 1. The quantitative estimate of drug-likeness (QED) is 0.239. The molecule has 4 aromatic rings. The average Bonchev–Trinajstić information content (AvgIpc) is 3.23. The SMILES string of the molecule is COc1cccc(-n2cc(-c3ccc(C)cc3)nc2SCC(=O)c2ccc(Cl)cc2)c1. The first-order valence-electron chi connectivity index (χ1n) is 9.76. The lowest BCUT2D eigenvalue weighted by molar-refractivity contribution is 0.102. The fourth-order valence-corrected chi connectivity index (χ4v) is 4.14. The molecule has 3 aromatic carbocycles. The number of ether oxygens (including phenoxy) is 1. The van der Waals surface area contributed by atoms with E-state index in [1.165, 1.54) is 17.3 Å². The van der Waals surface area contributed by atoms with Gasteiger partial charge >= 0.3 is 0 Å². The maximum Gasteiger partial charge on any atom is 0.173 e. The van der Waals surface area contributed by atoms with Crippen LogP contribution in [0.2, 0.25) is 5.02 Å². The first kappa shape index (κ1) is 21.2. The van der Waals surface area contributed by atoms with E-state index in [4.69, 9.17) is 21.3 Å². The minimum atomic E-state index is 0.0266. The highest BCUT2D eigenvalue weighted by molar-refractivity contribution is 7.99. The molecule has 0 bridgehead atoms. The monoisotopic (exact) mass is 448 g/mol. The maximum absolute atomic E-state index is 12.7. The van der Waals surface area contributed by atoms with Crippen molar-refractivity contribution < 1.29 is 9.53 Å². The summed E-state index contributed by atoms with van der Waals surface area (Å²) < 4.78 is 7.38. The van der Waals surface area contributed by atoms with E-state index in [0.29, 0.717) is 10.6 Å². The van der Waals surface area contributed by atoms with E-state index in [-0.39, 0.29) is 11.5 Å². The van der Waals surface area contributed by atoms with E-state index in [1.54, 1.807) is 31.4 Å². The number of carbonyl (C=O) groups excluding carboxylic acids is 1. The standard InChI is InChI=1S/C25H21ClN2O2S/c1-17-6-8-18(9-7-17)23-15-28(21-4-3-5-22(14-21)30-2)25(27-23)31-16-24(29)19-10-12-20(26)13-11-19/h3-15H,16H2,1-2H3. The number of aromatic nitrogens is 2. The molecule has 156 valence electrons. The van der Waals surface area contributed by atoms with Crippen molar-refractivity contribution in [2.24, 2.45) is 0 Å². The van der Waals surface area contributed by atoms with Crippen LogP contribution in [0.3, 0.4) is 0 Å². The van der Waals surface area contributed by atoms with Crippen molar-refractivity contribution in [2.75, 3.05) is 12.9 Å². The van der Waals surface area contributed by atoms with Gasteiger partial charge in [-0.1, -0.05) is 59.3 Å². The van der Waals surface area contributed by atoms with Crippen molar-refractivity contribution in [1.29, 1.82) is 0 Å². The Morgan fingerprint density at radius 1 is 1.06 bits per heavy atom. The Balaban J connectivity index is 1.66. The molecule has 0 spiro atoms. The molecule has 0 saturated carbocycles. The Morgan fingerprint density at radius 2 is 1.81 bits per heavy atom. The number of nitrogens with zero attached hydrogens (tertiary/aromatic N) is 2. The summed E-state index contributed by atoms with van der Waals surface area (Å²) in [5, 5.41) is 1.35. The summed E-state index contributed by atoms with van der Waals surface area (Å²) in [5.41, 5.74) is 4.63. The van der Waals surface area contributed by atoms with Crippen LogP contribution in [-0.4, -0.2) is 28.2 Å². The number of aryl methyl sites for hydroxylation is 1. The van der Waals surface area contributed by atoms with Gasteiger partial charge in [0.1, 0.15) is 5.75 Å². The van der Waals surface area contributed by atoms with Gasteiger partial charge in [0.2, 0.25) is 0 Å². The number of hydrogen-bond acceptors (Lipinski definition) is 4. The van der Waals surface area contributed by atoms with E-state index in [2.05, 4.69) is 31.2 Å². The number of carbonyl (C=O) groups is 1. The van der Waals surface area contributed by atoms with Gasteiger partial charge < -0.3 is 4.74 Å². The molecule has 0 atom stereocenters. The van der Waals surface area contributed by atoms with Crippen LogP contribution >= 0.6 is 23.4 Å². The van der Waals surface area contributed by atoms with Crippen LogP contribution in [-0.2, 0) is 0 Å². The van der Waals surface area contributed by atoms with E-state index >= 15 is 0 Å². The third-order valence-electron chi connectivity index (χ3n) is 4.85. The molecule has 6 heteroatoms. The predicted octanol–water partition coefficient (Wildman–Crippen LogP) is 6.48. The lowest BCUT2D eigenvalue weighted by atomic mass is 10.1. The number of imidazole rings is 1. The highest BCUT2D eigenvalue weighted by Gasteiger charge is 2.15. The lowest BCUT2D eigenvalue weighted by Gasteiger charge is -2.09. The van der Waals surface area contributed by atoms with Crippen LogP contribution in [0.1, 0.15) is 15.9 Å². The van der Waals surface area contributed by atoms with Gasteiger partial charge in [-0.25, -0.2) is 4.98 Å². The summed E-state index contributed by atoms with van der Waals surface area (Å²) in [6.45, 7) is 2.06. The molecule has 0 amide bonds. The molecule has 0 fully saturated rings. The smallest absolute Gasteiger partial charge is 0.173 e. The number of ketones is 1. The number of methoxy groups -OCH3 is 1. The molecule has 0 unspecified atom stereocenters. The third-order valence-corrected chi connectivity index (χ3v) is 6.06. The molecular formula is C25H21ClN2O2S. The molecule has 0 aliphatic rings. The number of benzene rings is 3. The topological polar surface area (TPSA) is 44.1 Å². The first-order valence-corrected chi connectivity index (χ1v) is 11.1. The van der Waals surface area contributed by atoms with Gasteiger partial charge in [0.15, 0.2) is 10.9 Å². The summed E-state index contributed by atoms with van der Waals surface area (Å²) in [6.07, 6.45) is 1.99. The molecule has 0 N–H and O–H groups in total. The number of halogens is 1. The number of Topliss-reactive ketones (excluding diaryl/α,β-unsaturated/α-hetero) is 1. The van der Waals surface area contributed by atoms with E-state index in [0.717, 1.165) is 27.9 Å². The lowest BCUT2D eigenvalue weighted by Crippen LogP contribution is -2.04. The Hall–Kier alpha value is -3.02. The molecule has 1 aromatic heterocycles. The molecule has 4 nitrogen and oxygen atoms in total. The molecular weight excluding hydrogens is 428 g/mol. The molecule has 0 radical (unpaired) electrons. The van der Waals surface area contributed by atoms with Crippen LogP contribution in [0.15, 0.2) is 84.1 Å². The minimum absolute atomic E-state index is 0.0266. The van der Waals surface area contributed by atoms with Crippen LogP contribution in [0.4, 0.5) is 0 Å². The highest BCUT2D eigenvalue weighted by Crippen LogP contribution is 2.29. The van der Waals surface area contributed by atoms with Crippen LogP contribution < -0.4 is 4.74 Å². The zero-order valence-corrected chi connectivity index (χ0v) is 18.8. The van der Waals surface area contributed by atoms with Gasteiger partial charge in [-0.3, -0.25) is 9.36 Å². The maximum atomic E-state index is 12.7. The van der Waals surface area contributed by atoms with E-state index < -0.39 is 0 Å². The number of hydrogen-bond donors (Lipinski definition) is 0. The minimum Gasteiger partial charge on any atom is -0.497 e. The molecule has 0 saturated heterocycles. The Labute approximate surface area is 190 Å². The summed E-state index contributed by atoms with van der Waals surface area (Å²) in [7, 11) is 1.64. The van der Waals surface area contributed by atoms with Crippen molar-refractivity contribution in [1.82, 2.24) is 9.55 Å². The summed E-state index contributed by atoms with van der Waals surface area (Å²) in [6, 6.07) is 23.0. The van der Waals surface area contributed by atoms with E-state index in [1.807, 2.05) is 35.0 Å². The Bertz CT molecular complexity index is 1200. The zero-order valence-electron chi connectivity index (χ0n) is 17.2. The summed E-state index contributed by atoms with van der Waals surface area (Å²) in [4.78, 5) is 17.5. The second kappa shape index (κ2) is 9.41. The molecule has 1 heterocycles. The van der Waals surface area contributed by atoms with Gasteiger partial charge in [-0.15, -0.1) is 0 Å². The van der Waals surface area contributed by atoms with E-state index in [9.17, 15) is 4.79 Å². The van der Waals surface area contributed by atoms with Gasteiger partial charge in [0.05, 0.1) is 24.2 Å². The van der Waals surface area contributed by atoms with Gasteiger partial charge in [-0.2, -0.15) is 0 Å². The van der Waals surface area contributed by atoms with Gasteiger partial charge in [0.25, 0.3) is 0 Å². The van der Waals surface area contributed by atoms with Crippen molar-refractivity contribution in [3.8, 4) is 22.7 Å². The second-order valence-corrected chi connectivity index (χ2v) is 8.44. The zero-order chi connectivity index (χ0) is 21.8. The third kappa shape index (κ3) is 5.01. The molecule has 4 rings (SSSR count). The second-order valence-electron chi connectivity index (χ2n) is 7.06. The summed E-state index contributed by atoms with van der Waals surface area (Å²) in [5.74, 6) is 1.06. The molecule has 31 heavy (non-hydrogen) atoms. The van der Waals surface area contributed by atoms with Crippen LogP contribution in [0.5, 0.6) is 5.75 Å². The van der Waals surface area contributed by atoms with Crippen molar-refractivity contribution >= 4 is 29.1 Å². The van der Waals surface area contributed by atoms with Crippen LogP contribution in [0, 0.1) is 6.92 Å². The highest BCUT2D eigenvalue weighted by atomic mass is 35.5. The Morgan fingerprint density at radius 3 is 2.52 bits per heavy atom. The van der Waals surface area contributed by atoms with Gasteiger partial charge in [-0.05, 0) is 43.3 Å². The van der Waals surface area contributed by atoms with Crippen molar-refractivity contribution in [2.45, 2.75) is 12.1 Å².